The molecule has 0 unspecified atom stereocenters. The van der Waals surface area contributed by atoms with Gasteiger partial charge in [0.1, 0.15) is 0 Å². The van der Waals surface area contributed by atoms with E-state index in [9.17, 15) is 4.79 Å². The summed E-state index contributed by atoms with van der Waals surface area (Å²) in [6.07, 6.45) is 3.48. The fourth-order valence-electron chi connectivity index (χ4n) is 3.67. The fourth-order valence-corrected chi connectivity index (χ4v) is 3.67. The van der Waals surface area contributed by atoms with Crippen LogP contribution in [0.4, 0.5) is 0 Å². The van der Waals surface area contributed by atoms with Crippen LogP contribution in [-0.4, -0.2) is 61.7 Å². The second-order valence-electron chi connectivity index (χ2n) is 7.01. The van der Waals surface area contributed by atoms with Gasteiger partial charge >= 0.3 is 0 Å². The van der Waals surface area contributed by atoms with Gasteiger partial charge in [0.2, 0.25) is 11.5 Å². The molecular weight excluding hydrogens is 428 g/mol. The zero-order valence-electron chi connectivity index (χ0n) is 19.6. The molecule has 1 fully saturated rings. The van der Waals surface area contributed by atoms with Crippen molar-refractivity contribution >= 4 is 17.9 Å². The normalized spacial score (nSPS) is 16.0. The number of hydrogen-bond acceptors (Lipinski definition) is 8. The van der Waals surface area contributed by atoms with E-state index in [1.54, 1.807) is 50.6 Å². The molecule has 33 heavy (non-hydrogen) atoms. The summed E-state index contributed by atoms with van der Waals surface area (Å²) in [6, 6.07) is 7.12. The van der Waals surface area contributed by atoms with Gasteiger partial charge in [-0.3, -0.25) is 4.79 Å². The lowest BCUT2D eigenvalue weighted by atomic mass is 9.97. The first kappa shape index (κ1) is 24.0. The molecule has 1 aliphatic rings. The van der Waals surface area contributed by atoms with Crippen molar-refractivity contribution in [3.63, 3.8) is 0 Å². The highest BCUT2D eigenvalue weighted by atomic mass is 16.5. The zero-order chi connectivity index (χ0) is 24.0. The molecular formula is C25H28O8. The van der Waals surface area contributed by atoms with E-state index >= 15 is 0 Å². The van der Waals surface area contributed by atoms with Crippen LogP contribution >= 0.6 is 0 Å². The third kappa shape index (κ3) is 4.75. The summed E-state index contributed by atoms with van der Waals surface area (Å²) >= 11 is 0. The van der Waals surface area contributed by atoms with Gasteiger partial charge in [0, 0.05) is 22.3 Å². The van der Waals surface area contributed by atoms with Gasteiger partial charge in [0.25, 0.3) is 0 Å². The molecule has 0 bridgehead atoms. The Kier molecular flexibility index (Phi) is 7.84. The molecule has 0 amide bonds. The zero-order valence-corrected chi connectivity index (χ0v) is 19.6. The Morgan fingerprint density at radius 2 is 1.00 bits per heavy atom. The SMILES string of the molecule is COc1ccc(/C=C2\COC/C(=C\c3ccc(OC)c(OC)c3OC)C2=O)c(OC)c1OC. The van der Waals surface area contributed by atoms with Crippen LogP contribution < -0.4 is 28.4 Å². The summed E-state index contributed by atoms with van der Waals surface area (Å²) in [4.78, 5) is 13.3. The highest BCUT2D eigenvalue weighted by molar-refractivity contribution is 6.14. The molecule has 1 saturated heterocycles. The molecule has 0 aliphatic carbocycles. The topological polar surface area (TPSA) is 81.7 Å². The molecule has 0 radical (unpaired) electrons. The number of rotatable bonds is 8. The van der Waals surface area contributed by atoms with E-state index in [-0.39, 0.29) is 19.0 Å². The Morgan fingerprint density at radius 3 is 1.33 bits per heavy atom. The third-order valence-corrected chi connectivity index (χ3v) is 5.23. The molecule has 0 saturated carbocycles. The minimum absolute atomic E-state index is 0.130. The van der Waals surface area contributed by atoms with E-state index in [4.69, 9.17) is 33.2 Å². The van der Waals surface area contributed by atoms with E-state index in [2.05, 4.69) is 0 Å². The number of carbonyl (C=O) groups is 1. The summed E-state index contributed by atoms with van der Waals surface area (Å²) in [5, 5.41) is 0. The molecule has 2 aromatic carbocycles. The van der Waals surface area contributed by atoms with Crippen LogP contribution in [-0.2, 0) is 9.53 Å². The van der Waals surface area contributed by atoms with Crippen LogP contribution in [0.15, 0.2) is 35.4 Å². The molecule has 0 aromatic heterocycles. The van der Waals surface area contributed by atoms with Crippen molar-refractivity contribution in [2.45, 2.75) is 0 Å². The fraction of sp³-hybridized carbons (Fsp3) is 0.320. The smallest absolute Gasteiger partial charge is 0.203 e. The van der Waals surface area contributed by atoms with E-state index in [1.807, 2.05) is 0 Å². The second-order valence-corrected chi connectivity index (χ2v) is 7.01. The lowest BCUT2D eigenvalue weighted by Gasteiger charge is -2.20. The van der Waals surface area contributed by atoms with Gasteiger partial charge in [0.15, 0.2) is 28.8 Å². The standard InChI is InChI=1S/C25H28O8/c1-27-19-9-7-15(22(29-3)24(19)31-5)11-17-13-33-14-18(21(17)26)12-16-8-10-20(28-2)25(32-6)23(16)30-4/h7-12H,13-14H2,1-6H3/b17-11+,18-12+. The van der Waals surface area contributed by atoms with E-state index < -0.39 is 0 Å². The molecule has 8 nitrogen and oxygen atoms in total. The van der Waals surface area contributed by atoms with Crippen molar-refractivity contribution in [2.24, 2.45) is 0 Å². The van der Waals surface area contributed by atoms with Gasteiger partial charge in [-0.25, -0.2) is 0 Å². The number of benzene rings is 2. The van der Waals surface area contributed by atoms with Crippen LogP contribution in [0.25, 0.3) is 12.2 Å². The molecule has 1 aliphatic heterocycles. The number of ether oxygens (including phenoxy) is 7. The molecule has 176 valence electrons. The number of ketones is 1. The minimum atomic E-state index is -0.130. The van der Waals surface area contributed by atoms with Gasteiger partial charge in [-0.2, -0.15) is 0 Å². The second kappa shape index (κ2) is 10.8. The van der Waals surface area contributed by atoms with Crippen molar-refractivity contribution in [3.05, 3.63) is 46.5 Å². The molecule has 0 atom stereocenters. The van der Waals surface area contributed by atoms with E-state index in [1.165, 1.54) is 28.4 Å². The number of methoxy groups -OCH3 is 6. The van der Waals surface area contributed by atoms with Crippen molar-refractivity contribution in [2.75, 3.05) is 55.9 Å². The summed E-state index contributed by atoms with van der Waals surface area (Å²) in [6.45, 7) is 0.355. The molecule has 2 aromatic rings. The van der Waals surface area contributed by atoms with Crippen LogP contribution in [0.2, 0.25) is 0 Å². The lowest BCUT2D eigenvalue weighted by molar-refractivity contribution is -0.114. The first-order valence-electron chi connectivity index (χ1n) is 10.1. The Bertz CT molecular complexity index is 1000. The average molecular weight is 456 g/mol. The summed E-state index contributed by atoms with van der Waals surface area (Å²) in [5.41, 5.74) is 2.31. The molecule has 1 heterocycles. The van der Waals surface area contributed by atoms with Crippen LogP contribution in [0, 0.1) is 0 Å². The summed E-state index contributed by atoms with van der Waals surface area (Å²) in [7, 11) is 9.23. The quantitative estimate of drug-likeness (QED) is 0.555. The minimum Gasteiger partial charge on any atom is -0.493 e. The largest absolute Gasteiger partial charge is 0.493 e. The Morgan fingerprint density at radius 1 is 0.606 bits per heavy atom. The molecule has 0 spiro atoms. The Balaban J connectivity index is 2.02. The highest BCUT2D eigenvalue weighted by Crippen LogP contribution is 2.42. The van der Waals surface area contributed by atoms with Gasteiger partial charge in [-0.1, -0.05) is 0 Å². The van der Waals surface area contributed by atoms with Gasteiger partial charge in [0.05, 0.1) is 55.9 Å². The average Bonchev–Trinajstić information content (AvgIpc) is 2.85. The van der Waals surface area contributed by atoms with Gasteiger partial charge in [-0.15, -0.1) is 0 Å². The van der Waals surface area contributed by atoms with E-state index in [0.29, 0.717) is 56.8 Å². The molecule has 3 rings (SSSR count). The van der Waals surface area contributed by atoms with Crippen molar-refractivity contribution in [3.8, 4) is 34.5 Å². The van der Waals surface area contributed by atoms with Crippen LogP contribution in [0.5, 0.6) is 34.5 Å². The first-order valence-corrected chi connectivity index (χ1v) is 10.1. The van der Waals surface area contributed by atoms with Crippen LogP contribution in [0.3, 0.4) is 0 Å². The van der Waals surface area contributed by atoms with Gasteiger partial charge < -0.3 is 33.2 Å². The Hall–Kier alpha value is -3.65. The maximum atomic E-state index is 13.3. The molecule has 0 N–H and O–H groups in total. The van der Waals surface area contributed by atoms with Crippen molar-refractivity contribution < 1.29 is 38.0 Å². The molecule has 8 heteroatoms. The maximum absolute atomic E-state index is 13.3. The number of hydrogen-bond donors (Lipinski definition) is 0. The van der Waals surface area contributed by atoms with Crippen LogP contribution in [0.1, 0.15) is 11.1 Å². The lowest BCUT2D eigenvalue weighted by Crippen LogP contribution is -2.22. The highest BCUT2D eigenvalue weighted by Gasteiger charge is 2.24. The van der Waals surface area contributed by atoms with Crippen molar-refractivity contribution in [1.29, 1.82) is 0 Å². The first-order chi connectivity index (χ1) is 16.0. The summed E-state index contributed by atoms with van der Waals surface area (Å²) in [5.74, 6) is 2.76. The monoisotopic (exact) mass is 456 g/mol. The third-order valence-electron chi connectivity index (χ3n) is 5.23. The van der Waals surface area contributed by atoms with Crippen molar-refractivity contribution in [1.82, 2.24) is 0 Å². The maximum Gasteiger partial charge on any atom is 0.203 e. The summed E-state index contributed by atoms with van der Waals surface area (Å²) < 4.78 is 38.3. The Labute approximate surface area is 193 Å². The predicted octanol–water partition coefficient (Wildman–Crippen LogP) is 3.80. The number of Topliss-reactive ketones (excluding diaryl/α,β-unsaturated/α-hetero) is 1. The number of carbonyl (C=O) groups excluding carboxylic acids is 1. The van der Waals surface area contributed by atoms with E-state index in [0.717, 1.165) is 0 Å². The van der Waals surface area contributed by atoms with Gasteiger partial charge in [-0.05, 0) is 36.4 Å². The predicted molar refractivity (Wildman–Crippen MR) is 124 cm³/mol.